The van der Waals surface area contributed by atoms with E-state index in [0.717, 1.165) is 31.6 Å². The number of ether oxygens (including phenoxy) is 1. The highest BCUT2D eigenvalue weighted by molar-refractivity contribution is 5.94. The first kappa shape index (κ1) is 15.5. The Labute approximate surface area is 135 Å². The van der Waals surface area contributed by atoms with Crippen LogP contribution in [-0.4, -0.2) is 41.1 Å². The number of hydrogen-bond donors (Lipinski definition) is 0. The van der Waals surface area contributed by atoms with Gasteiger partial charge in [-0.15, -0.1) is 0 Å². The third-order valence-corrected chi connectivity index (χ3v) is 4.20. The Hall–Kier alpha value is -2.37. The standard InChI is InChI=1S/C17H21N3O3/c1-3-15-18-16(19-23-15)13-5-4-10-20(11-13)17(21)12-6-8-14(22-2)9-7-12/h6-9,13H,3-5,10-11H2,1-2H3/t13-/m0/s1. The summed E-state index contributed by atoms with van der Waals surface area (Å²) in [7, 11) is 1.61. The number of carbonyl (C=O) groups is 1. The molecule has 6 nitrogen and oxygen atoms in total. The SMILES string of the molecule is CCc1nc([C@H]2CCCN(C(=O)c3ccc(OC)cc3)C2)no1. The summed E-state index contributed by atoms with van der Waals surface area (Å²) in [6.45, 7) is 3.38. The number of likely N-dealkylation sites (tertiary alicyclic amines) is 1. The van der Waals surface area contributed by atoms with Gasteiger partial charge in [0.05, 0.1) is 7.11 Å². The van der Waals surface area contributed by atoms with Crippen molar-refractivity contribution in [3.63, 3.8) is 0 Å². The van der Waals surface area contributed by atoms with Gasteiger partial charge in [0.25, 0.3) is 5.91 Å². The van der Waals surface area contributed by atoms with Crippen molar-refractivity contribution in [2.45, 2.75) is 32.1 Å². The first-order valence-electron chi connectivity index (χ1n) is 7.97. The Balaban J connectivity index is 1.70. The van der Waals surface area contributed by atoms with E-state index < -0.39 is 0 Å². The lowest BCUT2D eigenvalue weighted by molar-refractivity contribution is 0.0703. The molecular formula is C17H21N3O3. The van der Waals surface area contributed by atoms with E-state index >= 15 is 0 Å². The van der Waals surface area contributed by atoms with Crippen LogP contribution in [0.15, 0.2) is 28.8 Å². The monoisotopic (exact) mass is 315 g/mol. The highest BCUT2D eigenvalue weighted by Gasteiger charge is 2.28. The van der Waals surface area contributed by atoms with E-state index in [0.29, 0.717) is 23.8 Å². The Morgan fingerprint density at radius 1 is 1.39 bits per heavy atom. The molecule has 1 atom stereocenters. The molecule has 1 aliphatic heterocycles. The van der Waals surface area contributed by atoms with E-state index in [2.05, 4.69) is 10.1 Å². The Morgan fingerprint density at radius 3 is 2.83 bits per heavy atom. The molecule has 0 saturated carbocycles. The molecule has 3 rings (SSSR count). The molecule has 1 saturated heterocycles. The second-order valence-corrected chi connectivity index (χ2v) is 5.72. The second-order valence-electron chi connectivity index (χ2n) is 5.72. The number of nitrogens with zero attached hydrogens (tertiary/aromatic N) is 3. The fourth-order valence-corrected chi connectivity index (χ4v) is 2.87. The molecule has 1 aromatic heterocycles. The third kappa shape index (κ3) is 3.36. The van der Waals surface area contributed by atoms with Crippen LogP contribution in [0.1, 0.15) is 47.8 Å². The lowest BCUT2D eigenvalue weighted by Gasteiger charge is -2.31. The van der Waals surface area contributed by atoms with E-state index in [1.165, 1.54) is 0 Å². The van der Waals surface area contributed by atoms with Crippen LogP contribution < -0.4 is 4.74 Å². The molecule has 1 aromatic carbocycles. The Kier molecular flexibility index (Phi) is 4.60. The molecule has 0 N–H and O–H groups in total. The molecule has 0 spiro atoms. The third-order valence-electron chi connectivity index (χ3n) is 4.20. The van der Waals surface area contributed by atoms with Crippen molar-refractivity contribution >= 4 is 5.91 Å². The molecule has 1 fully saturated rings. The number of carbonyl (C=O) groups excluding carboxylic acids is 1. The van der Waals surface area contributed by atoms with Crippen LogP contribution in [0.3, 0.4) is 0 Å². The first-order chi connectivity index (χ1) is 11.2. The molecule has 122 valence electrons. The van der Waals surface area contributed by atoms with Crippen molar-refractivity contribution in [1.82, 2.24) is 15.0 Å². The number of amides is 1. The zero-order valence-corrected chi connectivity index (χ0v) is 13.5. The maximum atomic E-state index is 12.7. The molecular weight excluding hydrogens is 294 g/mol. The quantitative estimate of drug-likeness (QED) is 0.867. The number of methoxy groups -OCH3 is 1. The van der Waals surface area contributed by atoms with Crippen molar-refractivity contribution in [2.75, 3.05) is 20.2 Å². The largest absolute Gasteiger partial charge is 0.497 e. The zero-order chi connectivity index (χ0) is 16.2. The Morgan fingerprint density at radius 2 is 2.17 bits per heavy atom. The summed E-state index contributed by atoms with van der Waals surface area (Å²) in [6, 6.07) is 7.21. The van der Waals surface area contributed by atoms with Crippen LogP contribution in [-0.2, 0) is 6.42 Å². The molecule has 6 heteroatoms. The van der Waals surface area contributed by atoms with Crippen molar-refractivity contribution in [3.05, 3.63) is 41.5 Å². The smallest absolute Gasteiger partial charge is 0.253 e. The van der Waals surface area contributed by atoms with E-state index in [4.69, 9.17) is 9.26 Å². The summed E-state index contributed by atoms with van der Waals surface area (Å²) >= 11 is 0. The van der Waals surface area contributed by atoms with Crippen LogP contribution in [0, 0.1) is 0 Å². The minimum atomic E-state index is 0.0385. The molecule has 2 heterocycles. The maximum Gasteiger partial charge on any atom is 0.253 e. The molecule has 0 unspecified atom stereocenters. The summed E-state index contributed by atoms with van der Waals surface area (Å²) in [5, 5.41) is 4.06. The predicted octanol–water partition coefficient (Wildman–Crippen LogP) is 2.66. The number of piperidine rings is 1. The molecule has 0 aliphatic carbocycles. The molecule has 1 amide bonds. The van der Waals surface area contributed by atoms with Crippen molar-refractivity contribution in [1.29, 1.82) is 0 Å². The van der Waals surface area contributed by atoms with Gasteiger partial charge in [-0.25, -0.2) is 0 Å². The normalized spacial score (nSPS) is 18.0. The van der Waals surface area contributed by atoms with Crippen LogP contribution in [0.4, 0.5) is 0 Å². The van der Waals surface area contributed by atoms with Gasteiger partial charge in [0.2, 0.25) is 5.89 Å². The van der Waals surface area contributed by atoms with Crippen LogP contribution in [0.5, 0.6) is 5.75 Å². The fourth-order valence-electron chi connectivity index (χ4n) is 2.87. The predicted molar refractivity (Wildman–Crippen MR) is 84.5 cm³/mol. The minimum Gasteiger partial charge on any atom is -0.497 e. The van der Waals surface area contributed by atoms with Gasteiger partial charge in [0.15, 0.2) is 5.82 Å². The number of aryl methyl sites for hydroxylation is 1. The van der Waals surface area contributed by atoms with Crippen molar-refractivity contribution < 1.29 is 14.1 Å². The number of aromatic nitrogens is 2. The van der Waals surface area contributed by atoms with Crippen molar-refractivity contribution in [2.24, 2.45) is 0 Å². The van der Waals surface area contributed by atoms with E-state index in [9.17, 15) is 4.79 Å². The number of rotatable bonds is 4. The number of benzene rings is 1. The topological polar surface area (TPSA) is 68.5 Å². The van der Waals surface area contributed by atoms with Crippen LogP contribution in [0.2, 0.25) is 0 Å². The van der Waals surface area contributed by atoms with Gasteiger partial charge in [-0.2, -0.15) is 4.98 Å². The molecule has 0 bridgehead atoms. The lowest BCUT2D eigenvalue weighted by Crippen LogP contribution is -2.39. The maximum absolute atomic E-state index is 12.7. The fraction of sp³-hybridized carbons (Fsp3) is 0.471. The van der Waals surface area contributed by atoms with Crippen LogP contribution >= 0.6 is 0 Å². The average molecular weight is 315 g/mol. The highest BCUT2D eigenvalue weighted by atomic mass is 16.5. The summed E-state index contributed by atoms with van der Waals surface area (Å²) in [5.41, 5.74) is 0.675. The van der Waals surface area contributed by atoms with Crippen molar-refractivity contribution in [3.8, 4) is 5.75 Å². The van der Waals surface area contributed by atoms with Gasteiger partial charge in [-0.1, -0.05) is 12.1 Å². The van der Waals surface area contributed by atoms with Gasteiger partial charge in [-0.3, -0.25) is 4.79 Å². The first-order valence-corrected chi connectivity index (χ1v) is 7.97. The van der Waals surface area contributed by atoms with Gasteiger partial charge in [0.1, 0.15) is 5.75 Å². The van der Waals surface area contributed by atoms with Gasteiger partial charge in [-0.05, 0) is 37.1 Å². The number of hydrogen-bond acceptors (Lipinski definition) is 5. The molecule has 23 heavy (non-hydrogen) atoms. The molecule has 0 radical (unpaired) electrons. The molecule has 1 aliphatic rings. The second kappa shape index (κ2) is 6.81. The van der Waals surface area contributed by atoms with E-state index in [1.54, 1.807) is 31.4 Å². The lowest BCUT2D eigenvalue weighted by atomic mass is 9.96. The highest BCUT2D eigenvalue weighted by Crippen LogP contribution is 2.26. The van der Waals surface area contributed by atoms with E-state index in [1.807, 2.05) is 11.8 Å². The van der Waals surface area contributed by atoms with Gasteiger partial charge < -0.3 is 14.2 Å². The summed E-state index contributed by atoms with van der Waals surface area (Å²) in [5.74, 6) is 2.30. The summed E-state index contributed by atoms with van der Waals surface area (Å²) in [6.07, 6.45) is 2.66. The van der Waals surface area contributed by atoms with Gasteiger partial charge >= 0.3 is 0 Å². The average Bonchev–Trinajstić information content (AvgIpc) is 3.10. The zero-order valence-electron chi connectivity index (χ0n) is 13.5. The molecule has 2 aromatic rings. The Bertz CT molecular complexity index is 666. The summed E-state index contributed by atoms with van der Waals surface area (Å²) in [4.78, 5) is 18.9. The summed E-state index contributed by atoms with van der Waals surface area (Å²) < 4.78 is 10.3. The van der Waals surface area contributed by atoms with Gasteiger partial charge in [0, 0.05) is 31.0 Å². The van der Waals surface area contributed by atoms with E-state index in [-0.39, 0.29) is 11.8 Å². The van der Waals surface area contributed by atoms with Crippen LogP contribution in [0.25, 0.3) is 0 Å². The minimum absolute atomic E-state index is 0.0385.